The summed E-state index contributed by atoms with van der Waals surface area (Å²) in [5.74, 6) is 0.202. The summed E-state index contributed by atoms with van der Waals surface area (Å²) in [6.45, 7) is 8.55. The van der Waals surface area contributed by atoms with Gasteiger partial charge in [-0.3, -0.25) is 9.59 Å². The van der Waals surface area contributed by atoms with Gasteiger partial charge in [-0.2, -0.15) is 0 Å². The molecule has 40 heavy (non-hydrogen) atoms. The first-order valence-corrected chi connectivity index (χ1v) is 13.5. The number of hydrogen-bond acceptors (Lipinski definition) is 6. The Morgan fingerprint density at radius 1 is 1.07 bits per heavy atom. The summed E-state index contributed by atoms with van der Waals surface area (Å²) < 4.78 is 17.4. The van der Waals surface area contributed by atoms with E-state index in [1.807, 2.05) is 50.2 Å². The predicted octanol–water partition coefficient (Wildman–Crippen LogP) is 5.64. The molecule has 0 aliphatic carbocycles. The van der Waals surface area contributed by atoms with Gasteiger partial charge in [0.15, 0.2) is 11.5 Å². The van der Waals surface area contributed by atoms with Crippen LogP contribution in [0.4, 0.5) is 0 Å². The molecule has 3 aromatic carbocycles. The van der Waals surface area contributed by atoms with Crippen LogP contribution in [0, 0.1) is 0 Å². The van der Waals surface area contributed by atoms with E-state index >= 15 is 0 Å². The minimum absolute atomic E-state index is 0.0368. The summed E-state index contributed by atoms with van der Waals surface area (Å²) in [6.07, 6.45) is 2.94. The van der Waals surface area contributed by atoms with Crippen LogP contribution in [0.25, 0.3) is 5.76 Å². The van der Waals surface area contributed by atoms with E-state index in [9.17, 15) is 14.7 Å². The second-order valence-corrected chi connectivity index (χ2v) is 9.92. The van der Waals surface area contributed by atoms with Crippen LogP contribution in [0.2, 0.25) is 0 Å². The fraction of sp³-hybridized carbons (Fsp3) is 0.273. The number of ether oxygens (including phenoxy) is 3. The highest BCUT2D eigenvalue weighted by molar-refractivity contribution is 6.46. The van der Waals surface area contributed by atoms with Gasteiger partial charge in [-0.15, -0.1) is 0 Å². The van der Waals surface area contributed by atoms with Crippen molar-refractivity contribution < 1.29 is 28.9 Å². The first-order chi connectivity index (χ1) is 19.4. The van der Waals surface area contributed by atoms with Crippen molar-refractivity contribution in [1.82, 2.24) is 4.90 Å². The molecule has 1 fully saturated rings. The molecule has 3 aromatic rings. The van der Waals surface area contributed by atoms with Gasteiger partial charge >= 0.3 is 0 Å². The van der Waals surface area contributed by atoms with Gasteiger partial charge in [-0.25, -0.2) is 0 Å². The lowest BCUT2D eigenvalue weighted by Crippen LogP contribution is -2.31. The Labute approximate surface area is 234 Å². The van der Waals surface area contributed by atoms with Gasteiger partial charge in [0.2, 0.25) is 0 Å². The molecule has 2 aliphatic heterocycles. The van der Waals surface area contributed by atoms with Crippen molar-refractivity contribution in [3.05, 3.63) is 107 Å². The molecule has 0 unspecified atom stereocenters. The molecule has 206 valence electrons. The van der Waals surface area contributed by atoms with Crippen molar-refractivity contribution in [3.63, 3.8) is 0 Å². The average Bonchev–Trinajstić information content (AvgIpc) is 3.46. The second kappa shape index (κ2) is 11.7. The van der Waals surface area contributed by atoms with Crippen LogP contribution in [0.1, 0.15) is 42.1 Å². The van der Waals surface area contributed by atoms with E-state index in [-0.39, 0.29) is 17.4 Å². The zero-order valence-electron chi connectivity index (χ0n) is 22.8. The van der Waals surface area contributed by atoms with Gasteiger partial charge < -0.3 is 24.2 Å². The lowest BCUT2D eigenvalue weighted by molar-refractivity contribution is -0.139. The molecule has 2 heterocycles. The maximum Gasteiger partial charge on any atom is 0.295 e. The molecular weight excluding hydrogens is 506 g/mol. The van der Waals surface area contributed by atoms with Crippen LogP contribution in [0.3, 0.4) is 0 Å². The Morgan fingerprint density at radius 3 is 2.62 bits per heavy atom. The van der Waals surface area contributed by atoms with E-state index in [1.54, 1.807) is 36.4 Å². The van der Waals surface area contributed by atoms with Crippen molar-refractivity contribution in [2.24, 2.45) is 0 Å². The number of hydrogen-bond donors (Lipinski definition) is 1. The van der Waals surface area contributed by atoms with Crippen molar-refractivity contribution in [2.75, 3.05) is 19.8 Å². The van der Waals surface area contributed by atoms with Gasteiger partial charge in [0.1, 0.15) is 24.2 Å². The molecule has 2 atom stereocenters. The SMILES string of the molecule is C=CCOc1ccc([C@@H]2C(=C(O)c3ccc4c(c3)C[C@H](C)O4)C(=O)C(=O)N2CCc2ccccc2)cc1OCC. The van der Waals surface area contributed by atoms with E-state index in [4.69, 9.17) is 14.2 Å². The third-order valence-corrected chi connectivity index (χ3v) is 7.13. The summed E-state index contributed by atoms with van der Waals surface area (Å²) in [4.78, 5) is 28.5. The second-order valence-electron chi connectivity index (χ2n) is 9.92. The average molecular weight is 540 g/mol. The maximum absolute atomic E-state index is 13.5. The van der Waals surface area contributed by atoms with E-state index < -0.39 is 17.7 Å². The molecule has 7 heteroatoms. The molecule has 1 saturated heterocycles. The predicted molar refractivity (Wildman–Crippen MR) is 153 cm³/mol. The molecule has 0 bridgehead atoms. The van der Waals surface area contributed by atoms with Crippen LogP contribution in [0.15, 0.2) is 85.0 Å². The van der Waals surface area contributed by atoms with Crippen molar-refractivity contribution >= 4 is 17.4 Å². The van der Waals surface area contributed by atoms with E-state index in [0.29, 0.717) is 55.2 Å². The first-order valence-electron chi connectivity index (χ1n) is 13.5. The lowest BCUT2D eigenvalue weighted by atomic mass is 9.94. The fourth-order valence-electron chi connectivity index (χ4n) is 5.31. The molecule has 1 amide bonds. The smallest absolute Gasteiger partial charge is 0.295 e. The molecular formula is C33H33NO6. The van der Waals surface area contributed by atoms with Crippen molar-refractivity contribution in [2.45, 2.75) is 38.8 Å². The molecule has 5 rings (SSSR count). The van der Waals surface area contributed by atoms with Crippen molar-refractivity contribution in [1.29, 1.82) is 0 Å². The van der Waals surface area contributed by atoms with Crippen LogP contribution in [-0.2, 0) is 22.4 Å². The van der Waals surface area contributed by atoms with Crippen LogP contribution in [0.5, 0.6) is 17.2 Å². The van der Waals surface area contributed by atoms with Crippen LogP contribution >= 0.6 is 0 Å². The highest BCUT2D eigenvalue weighted by Crippen LogP contribution is 2.43. The number of Topliss-reactive ketones (excluding diaryl/α,β-unsaturated/α-hetero) is 1. The van der Waals surface area contributed by atoms with Crippen LogP contribution in [-0.4, -0.2) is 47.6 Å². The fourth-order valence-corrected chi connectivity index (χ4v) is 5.31. The maximum atomic E-state index is 13.5. The molecule has 7 nitrogen and oxygen atoms in total. The molecule has 0 spiro atoms. The summed E-state index contributed by atoms with van der Waals surface area (Å²) in [7, 11) is 0. The van der Waals surface area contributed by atoms with E-state index in [2.05, 4.69) is 6.58 Å². The number of rotatable bonds is 10. The Kier molecular flexibility index (Phi) is 7.91. The Bertz CT molecular complexity index is 1460. The Morgan fingerprint density at radius 2 is 1.88 bits per heavy atom. The number of carbonyl (C=O) groups excluding carboxylic acids is 2. The number of fused-ring (bicyclic) bond motifs is 1. The highest BCUT2D eigenvalue weighted by Gasteiger charge is 2.46. The number of aliphatic hydroxyl groups is 1. The lowest BCUT2D eigenvalue weighted by Gasteiger charge is -2.26. The summed E-state index contributed by atoms with van der Waals surface area (Å²) in [6, 6.07) is 19.7. The number of likely N-dealkylation sites (tertiary alicyclic amines) is 1. The summed E-state index contributed by atoms with van der Waals surface area (Å²) in [5, 5.41) is 11.6. The van der Waals surface area contributed by atoms with E-state index in [0.717, 1.165) is 16.9 Å². The highest BCUT2D eigenvalue weighted by atomic mass is 16.5. The normalized spacial score (nSPS) is 19.3. The minimum atomic E-state index is -0.806. The molecule has 2 aliphatic rings. The first kappa shape index (κ1) is 27.1. The number of nitrogens with zero attached hydrogens (tertiary/aromatic N) is 1. The largest absolute Gasteiger partial charge is 0.507 e. The molecule has 1 N–H and O–H groups in total. The Balaban J connectivity index is 1.60. The van der Waals surface area contributed by atoms with Gasteiger partial charge in [-0.05, 0) is 67.3 Å². The third kappa shape index (κ3) is 5.32. The zero-order valence-corrected chi connectivity index (χ0v) is 22.8. The van der Waals surface area contributed by atoms with Gasteiger partial charge in [0, 0.05) is 18.5 Å². The van der Waals surface area contributed by atoms with E-state index in [1.165, 1.54) is 4.90 Å². The monoisotopic (exact) mass is 539 g/mol. The number of benzene rings is 3. The third-order valence-electron chi connectivity index (χ3n) is 7.13. The number of carbonyl (C=O) groups is 2. The molecule has 0 aromatic heterocycles. The van der Waals surface area contributed by atoms with Crippen LogP contribution < -0.4 is 14.2 Å². The number of ketones is 1. The number of aliphatic hydroxyl groups excluding tert-OH is 1. The minimum Gasteiger partial charge on any atom is -0.507 e. The van der Waals surface area contributed by atoms with Gasteiger partial charge in [0.05, 0.1) is 18.2 Å². The standard InChI is InChI=1S/C33H33NO6/c1-4-17-39-27-14-11-23(20-28(27)38-5-2)30-29(31(35)24-12-13-26-25(19-24)18-21(3)40-26)32(36)33(37)34(30)16-15-22-9-7-6-8-10-22/h4,6-14,19-21,30,35H,1,5,15-18H2,2-3H3/t21-,30+/m0/s1. The summed E-state index contributed by atoms with van der Waals surface area (Å²) in [5.41, 5.74) is 3.15. The van der Waals surface area contributed by atoms with Crippen molar-refractivity contribution in [3.8, 4) is 17.2 Å². The van der Waals surface area contributed by atoms with Gasteiger partial charge in [0.25, 0.3) is 11.7 Å². The summed E-state index contributed by atoms with van der Waals surface area (Å²) >= 11 is 0. The quantitative estimate of drug-likeness (QED) is 0.155. The molecule has 0 saturated carbocycles. The Hall–Kier alpha value is -4.52. The topological polar surface area (TPSA) is 85.3 Å². The zero-order chi connectivity index (χ0) is 28.2. The molecule has 0 radical (unpaired) electrons. The van der Waals surface area contributed by atoms with Gasteiger partial charge in [-0.1, -0.05) is 49.1 Å². The number of amides is 1.